The van der Waals surface area contributed by atoms with Crippen molar-refractivity contribution in [3.8, 4) is 0 Å². The Morgan fingerprint density at radius 3 is 1.50 bits per heavy atom. The van der Waals surface area contributed by atoms with E-state index in [0.717, 1.165) is 0 Å². The Morgan fingerprint density at radius 2 is 1.04 bits per heavy atom. The third-order valence-electron chi connectivity index (χ3n) is 4.78. The molecule has 1 unspecified atom stereocenters. The summed E-state index contributed by atoms with van der Waals surface area (Å²) >= 11 is 2.34. The van der Waals surface area contributed by atoms with Gasteiger partial charge in [0.1, 0.15) is 0 Å². The molecule has 0 nitrogen and oxygen atoms in total. The summed E-state index contributed by atoms with van der Waals surface area (Å²) in [5.74, 6) is 0.298. The van der Waals surface area contributed by atoms with E-state index in [0.29, 0.717) is 5.92 Å². The van der Waals surface area contributed by atoms with Crippen molar-refractivity contribution in [3.63, 3.8) is 0 Å². The first-order chi connectivity index (χ1) is 12.3. The molecular weight excluding hydrogens is 442 g/mol. The van der Waals surface area contributed by atoms with E-state index in [4.69, 9.17) is 0 Å². The van der Waals surface area contributed by atoms with Crippen LogP contribution in [0.25, 0.3) is 5.57 Å². The van der Waals surface area contributed by atoms with E-state index >= 15 is 0 Å². The maximum atomic E-state index is 2.42. The fourth-order valence-corrected chi connectivity index (χ4v) is 4.50. The van der Waals surface area contributed by atoms with Crippen LogP contribution in [0.1, 0.15) is 22.6 Å². The zero-order chi connectivity index (χ0) is 17.1. The third kappa shape index (κ3) is 5.20. The molecule has 28 heavy (non-hydrogen) atoms. The number of halogens is 3. The molecule has 0 saturated heterocycles. The average molecular weight is 462 g/mol. The summed E-state index contributed by atoms with van der Waals surface area (Å²) in [6.07, 6.45) is 7.06. The molecule has 0 saturated carbocycles. The molecule has 1 aliphatic rings. The molecule has 1 atom stereocenters. The van der Waals surface area contributed by atoms with Gasteiger partial charge in [-0.15, -0.1) is 0 Å². The van der Waals surface area contributed by atoms with Crippen LogP contribution < -0.4 is 37.2 Å². The van der Waals surface area contributed by atoms with E-state index in [1.165, 1.54) is 22.3 Å². The molecule has 0 heterocycles. The SMILES string of the molecule is [Cl-].[Cl-].[Cl-].[Ti+3][C]1(C(c2ccccc2)c2ccccc2)C=CC(c2ccccc2)=C1. The molecule has 0 fully saturated rings. The molecule has 3 aromatic rings. The quantitative estimate of drug-likeness (QED) is 0.368. The first kappa shape index (κ1) is 24.8. The van der Waals surface area contributed by atoms with Crippen molar-refractivity contribution in [1.82, 2.24) is 0 Å². The van der Waals surface area contributed by atoms with Crippen molar-refractivity contribution < 1.29 is 57.7 Å². The summed E-state index contributed by atoms with van der Waals surface area (Å²) in [5, 5.41) is 0. The van der Waals surface area contributed by atoms with Gasteiger partial charge in [0.25, 0.3) is 0 Å². The molecule has 0 aromatic heterocycles. The van der Waals surface area contributed by atoms with E-state index in [2.05, 4.69) is 130 Å². The molecular formula is C24H19Cl3Ti. The summed E-state index contributed by atoms with van der Waals surface area (Å²) in [4.78, 5) is 0. The second-order valence-electron chi connectivity index (χ2n) is 6.49. The summed E-state index contributed by atoms with van der Waals surface area (Å²) in [5.41, 5.74) is 5.29. The molecule has 4 rings (SSSR count). The van der Waals surface area contributed by atoms with Crippen molar-refractivity contribution in [1.29, 1.82) is 0 Å². The fourth-order valence-electron chi connectivity index (χ4n) is 3.61. The van der Waals surface area contributed by atoms with Crippen LogP contribution in [0.2, 0.25) is 3.72 Å². The second kappa shape index (κ2) is 11.0. The first-order valence-electron chi connectivity index (χ1n) is 8.59. The Morgan fingerprint density at radius 1 is 0.607 bits per heavy atom. The number of allylic oxidation sites excluding steroid dienone is 4. The Labute approximate surface area is 197 Å². The van der Waals surface area contributed by atoms with Crippen LogP contribution in [-0.4, -0.2) is 0 Å². The minimum absolute atomic E-state index is 0. The van der Waals surface area contributed by atoms with Gasteiger partial charge >= 0.3 is 162 Å². The van der Waals surface area contributed by atoms with E-state index in [-0.39, 0.29) is 40.9 Å². The molecule has 0 aliphatic heterocycles. The molecule has 0 spiro atoms. The van der Waals surface area contributed by atoms with Crippen molar-refractivity contribution in [2.45, 2.75) is 9.64 Å². The van der Waals surface area contributed by atoms with Crippen LogP contribution in [0, 0.1) is 0 Å². The van der Waals surface area contributed by atoms with E-state index in [1.54, 1.807) is 0 Å². The monoisotopic (exact) mass is 460 g/mol. The van der Waals surface area contributed by atoms with Gasteiger partial charge < -0.3 is 37.2 Å². The second-order valence-corrected chi connectivity index (χ2v) is 7.84. The van der Waals surface area contributed by atoms with Gasteiger partial charge in [0.2, 0.25) is 0 Å². The van der Waals surface area contributed by atoms with Gasteiger partial charge in [0.15, 0.2) is 0 Å². The van der Waals surface area contributed by atoms with Crippen molar-refractivity contribution in [2.24, 2.45) is 0 Å². The van der Waals surface area contributed by atoms with Crippen molar-refractivity contribution in [2.75, 3.05) is 0 Å². The minimum atomic E-state index is -0.0477. The molecule has 0 N–H and O–H groups in total. The zero-order valence-electron chi connectivity index (χ0n) is 15.1. The standard InChI is InChI=1S/C24H19.3ClH.Ti/c1-4-10-19(11-5-1)22-16-17-23(18-22)24(20-12-6-2-7-13-20)21-14-8-3-9-15-21;;;;/h1-18,24H;3*1H;/q;;;;+3/p-3. The van der Waals surface area contributed by atoms with Crippen LogP contribution >= 0.6 is 0 Å². The molecule has 0 bridgehead atoms. The summed E-state index contributed by atoms with van der Waals surface area (Å²) in [6, 6.07) is 32.3. The van der Waals surface area contributed by atoms with Gasteiger partial charge in [-0.25, -0.2) is 0 Å². The van der Waals surface area contributed by atoms with Crippen LogP contribution in [0.4, 0.5) is 0 Å². The fraction of sp³-hybridized carbons (Fsp3) is 0.0833. The van der Waals surface area contributed by atoms with Crippen molar-refractivity contribution >= 4 is 5.57 Å². The Balaban J connectivity index is 0.00000131. The number of hydrogen-bond acceptors (Lipinski definition) is 0. The van der Waals surface area contributed by atoms with E-state index in [1.807, 2.05) is 0 Å². The van der Waals surface area contributed by atoms with Gasteiger partial charge in [-0.05, 0) is 0 Å². The van der Waals surface area contributed by atoms with E-state index in [9.17, 15) is 0 Å². The van der Waals surface area contributed by atoms with Gasteiger partial charge in [-0.1, -0.05) is 0 Å². The van der Waals surface area contributed by atoms with Gasteiger partial charge in [-0.3, -0.25) is 0 Å². The number of hydrogen-bond donors (Lipinski definition) is 0. The molecule has 140 valence electrons. The Hall–Kier alpha value is -1.28. The molecule has 1 aliphatic carbocycles. The van der Waals surface area contributed by atoms with Crippen LogP contribution in [0.3, 0.4) is 0 Å². The predicted molar refractivity (Wildman–Crippen MR) is 101 cm³/mol. The zero-order valence-corrected chi connectivity index (χ0v) is 18.9. The topological polar surface area (TPSA) is 0 Å². The molecule has 4 heteroatoms. The summed E-state index contributed by atoms with van der Waals surface area (Å²) in [6.45, 7) is 0. The number of benzene rings is 3. The summed E-state index contributed by atoms with van der Waals surface area (Å²) < 4.78 is -0.0477. The van der Waals surface area contributed by atoms with Crippen LogP contribution in [0.15, 0.2) is 109 Å². The molecule has 3 aromatic carbocycles. The number of rotatable bonds is 4. The summed E-state index contributed by atoms with van der Waals surface area (Å²) in [7, 11) is 0. The predicted octanol–water partition coefficient (Wildman–Crippen LogP) is -2.81. The van der Waals surface area contributed by atoms with Crippen LogP contribution in [-0.2, 0) is 20.4 Å². The Kier molecular flexibility index (Phi) is 9.77. The third-order valence-corrected chi connectivity index (χ3v) is 5.72. The maximum absolute atomic E-state index is 2.42. The van der Waals surface area contributed by atoms with E-state index < -0.39 is 0 Å². The first-order valence-corrected chi connectivity index (χ1v) is 9.37. The molecule has 0 amide bonds. The van der Waals surface area contributed by atoms with Crippen LogP contribution in [0.5, 0.6) is 0 Å². The molecule has 0 radical (unpaired) electrons. The normalized spacial score (nSPS) is 17.2. The Bertz CT molecular complexity index is 869. The van der Waals surface area contributed by atoms with Crippen molar-refractivity contribution in [3.05, 3.63) is 126 Å². The average Bonchev–Trinajstić information content (AvgIpc) is 3.07. The van der Waals surface area contributed by atoms with Gasteiger partial charge in [0, 0.05) is 0 Å². The van der Waals surface area contributed by atoms with Gasteiger partial charge in [-0.2, -0.15) is 0 Å². The van der Waals surface area contributed by atoms with Gasteiger partial charge in [0.05, 0.1) is 0 Å².